The van der Waals surface area contributed by atoms with Crippen molar-refractivity contribution in [3.8, 4) is 0 Å². The van der Waals surface area contributed by atoms with Crippen molar-refractivity contribution in [2.45, 2.75) is 26.4 Å². The molecule has 1 aliphatic heterocycles. The van der Waals surface area contributed by atoms with Gasteiger partial charge >= 0.3 is 0 Å². The minimum absolute atomic E-state index is 0. The van der Waals surface area contributed by atoms with Crippen molar-refractivity contribution < 1.29 is 0 Å². The molecule has 6 heteroatoms. The van der Waals surface area contributed by atoms with Crippen molar-refractivity contribution in [3.63, 3.8) is 0 Å². The normalized spacial score (nSPS) is 19.0. The van der Waals surface area contributed by atoms with Gasteiger partial charge in [0.05, 0.1) is 10.7 Å². The molecule has 1 aliphatic rings. The van der Waals surface area contributed by atoms with Crippen LogP contribution in [0.3, 0.4) is 0 Å². The first-order chi connectivity index (χ1) is 10.1. The maximum Gasteiger partial charge on any atom is 0.0900 e. The Kier molecular flexibility index (Phi) is 6.24. The van der Waals surface area contributed by atoms with E-state index in [4.69, 9.17) is 11.6 Å². The minimum atomic E-state index is 0. The molecule has 22 heavy (non-hydrogen) atoms. The number of aryl methyl sites for hydroxylation is 2. The number of benzene rings is 1. The fourth-order valence-corrected chi connectivity index (χ4v) is 4.04. The Hall–Kier alpha value is -0.650. The quantitative estimate of drug-likeness (QED) is 0.900. The van der Waals surface area contributed by atoms with Crippen LogP contribution >= 0.6 is 35.3 Å². The van der Waals surface area contributed by atoms with Gasteiger partial charge in [0.25, 0.3) is 0 Å². The Labute approximate surface area is 147 Å². The summed E-state index contributed by atoms with van der Waals surface area (Å²) < 4.78 is 0. The molecule has 120 valence electrons. The van der Waals surface area contributed by atoms with Gasteiger partial charge in [-0.3, -0.25) is 4.90 Å². The Morgan fingerprint density at radius 1 is 1.41 bits per heavy atom. The highest BCUT2D eigenvalue weighted by atomic mass is 35.5. The predicted octanol–water partition coefficient (Wildman–Crippen LogP) is 3.98. The molecule has 1 atom stereocenters. The maximum atomic E-state index is 6.15. The van der Waals surface area contributed by atoms with Crippen LogP contribution in [-0.2, 0) is 6.54 Å². The van der Waals surface area contributed by atoms with Gasteiger partial charge in [0.2, 0.25) is 0 Å². The summed E-state index contributed by atoms with van der Waals surface area (Å²) in [6.45, 7) is 8.21. The van der Waals surface area contributed by atoms with Crippen molar-refractivity contribution in [1.29, 1.82) is 0 Å². The van der Waals surface area contributed by atoms with E-state index in [0.717, 1.165) is 36.2 Å². The molecular formula is C16H21Cl2N3S. The molecule has 3 rings (SSSR count). The SMILES string of the molecule is Cc1nc(C)c(CN2CCNCC2c2cccc(Cl)c2)s1.Cl. The van der Waals surface area contributed by atoms with Crippen LogP contribution in [-0.4, -0.2) is 29.5 Å². The Bertz CT molecular complexity index is 630. The second kappa shape index (κ2) is 7.75. The van der Waals surface area contributed by atoms with Gasteiger partial charge in [0.15, 0.2) is 0 Å². The van der Waals surface area contributed by atoms with E-state index in [1.54, 1.807) is 0 Å². The number of nitrogens with zero attached hydrogens (tertiary/aromatic N) is 2. The fourth-order valence-electron chi connectivity index (χ4n) is 2.88. The third-order valence-corrected chi connectivity index (χ3v) is 5.23. The topological polar surface area (TPSA) is 28.2 Å². The van der Waals surface area contributed by atoms with E-state index in [2.05, 4.69) is 41.2 Å². The van der Waals surface area contributed by atoms with Gasteiger partial charge in [-0.25, -0.2) is 4.98 Å². The first kappa shape index (κ1) is 17.7. The second-order valence-corrected chi connectivity index (χ2v) is 7.21. The number of aromatic nitrogens is 1. The Morgan fingerprint density at radius 3 is 2.91 bits per heavy atom. The van der Waals surface area contributed by atoms with Gasteiger partial charge in [-0.1, -0.05) is 23.7 Å². The van der Waals surface area contributed by atoms with Gasteiger partial charge in [0.1, 0.15) is 0 Å². The molecule has 1 aromatic heterocycles. The molecule has 0 radical (unpaired) electrons. The number of hydrogen-bond acceptors (Lipinski definition) is 4. The largest absolute Gasteiger partial charge is 0.314 e. The van der Waals surface area contributed by atoms with Crippen LogP contribution in [0.1, 0.15) is 27.2 Å². The molecule has 0 saturated carbocycles. The summed E-state index contributed by atoms with van der Waals surface area (Å²) in [4.78, 5) is 8.45. The molecule has 1 fully saturated rings. The zero-order valence-corrected chi connectivity index (χ0v) is 15.2. The summed E-state index contributed by atoms with van der Waals surface area (Å²) in [7, 11) is 0. The lowest BCUT2D eigenvalue weighted by Crippen LogP contribution is -2.45. The van der Waals surface area contributed by atoms with Crippen molar-refractivity contribution in [2.75, 3.05) is 19.6 Å². The highest BCUT2D eigenvalue weighted by molar-refractivity contribution is 7.11. The molecule has 1 aromatic carbocycles. The van der Waals surface area contributed by atoms with Gasteiger partial charge in [-0.2, -0.15) is 0 Å². The Morgan fingerprint density at radius 2 is 2.23 bits per heavy atom. The number of nitrogens with one attached hydrogen (secondary N) is 1. The molecule has 0 bridgehead atoms. The van der Waals surface area contributed by atoms with E-state index in [1.165, 1.54) is 16.1 Å². The highest BCUT2D eigenvalue weighted by Gasteiger charge is 2.25. The average molecular weight is 358 g/mol. The second-order valence-electron chi connectivity index (χ2n) is 5.49. The summed E-state index contributed by atoms with van der Waals surface area (Å²) in [5, 5.41) is 5.45. The summed E-state index contributed by atoms with van der Waals surface area (Å²) in [5.74, 6) is 0. The monoisotopic (exact) mass is 357 g/mol. The molecule has 2 aromatic rings. The molecule has 1 saturated heterocycles. The van der Waals surface area contributed by atoms with Crippen molar-refractivity contribution in [2.24, 2.45) is 0 Å². The fraction of sp³-hybridized carbons (Fsp3) is 0.438. The molecule has 3 nitrogen and oxygen atoms in total. The van der Waals surface area contributed by atoms with Gasteiger partial charge < -0.3 is 5.32 Å². The number of piperazine rings is 1. The summed E-state index contributed by atoms with van der Waals surface area (Å²) in [6, 6.07) is 8.59. The first-order valence-electron chi connectivity index (χ1n) is 7.26. The van der Waals surface area contributed by atoms with Crippen molar-refractivity contribution in [1.82, 2.24) is 15.2 Å². The van der Waals surface area contributed by atoms with Crippen LogP contribution in [0.15, 0.2) is 24.3 Å². The van der Waals surface area contributed by atoms with Gasteiger partial charge in [-0.15, -0.1) is 23.7 Å². The molecule has 1 N–H and O–H groups in total. The zero-order chi connectivity index (χ0) is 14.8. The van der Waals surface area contributed by atoms with Gasteiger partial charge in [0, 0.05) is 42.1 Å². The van der Waals surface area contributed by atoms with Crippen molar-refractivity contribution in [3.05, 3.63) is 50.4 Å². The summed E-state index contributed by atoms with van der Waals surface area (Å²) in [6.07, 6.45) is 0. The number of rotatable bonds is 3. The van der Waals surface area contributed by atoms with E-state index < -0.39 is 0 Å². The molecular weight excluding hydrogens is 337 g/mol. The molecule has 0 aliphatic carbocycles. The number of halogens is 2. The number of thiazole rings is 1. The number of hydrogen-bond donors (Lipinski definition) is 1. The third kappa shape index (κ3) is 4.00. The molecule has 0 amide bonds. The highest BCUT2D eigenvalue weighted by Crippen LogP contribution is 2.28. The van der Waals surface area contributed by atoms with Crippen LogP contribution in [0.25, 0.3) is 0 Å². The third-order valence-electron chi connectivity index (χ3n) is 3.93. The smallest absolute Gasteiger partial charge is 0.0900 e. The van der Waals surface area contributed by atoms with E-state index in [1.807, 2.05) is 23.5 Å². The van der Waals surface area contributed by atoms with Crippen LogP contribution < -0.4 is 5.32 Å². The molecule has 1 unspecified atom stereocenters. The lowest BCUT2D eigenvalue weighted by molar-refractivity contribution is 0.155. The zero-order valence-electron chi connectivity index (χ0n) is 12.8. The minimum Gasteiger partial charge on any atom is -0.314 e. The first-order valence-corrected chi connectivity index (χ1v) is 8.46. The maximum absolute atomic E-state index is 6.15. The lowest BCUT2D eigenvalue weighted by atomic mass is 10.0. The van der Waals surface area contributed by atoms with Crippen LogP contribution in [0.4, 0.5) is 0 Å². The molecule has 2 heterocycles. The van der Waals surface area contributed by atoms with Gasteiger partial charge in [-0.05, 0) is 31.5 Å². The Balaban J connectivity index is 0.00000176. The predicted molar refractivity (Wildman–Crippen MR) is 96.3 cm³/mol. The van der Waals surface area contributed by atoms with E-state index in [9.17, 15) is 0 Å². The van der Waals surface area contributed by atoms with Crippen LogP contribution in [0.2, 0.25) is 5.02 Å². The van der Waals surface area contributed by atoms with E-state index in [-0.39, 0.29) is 12.4 Å². The average Bonchev–Trinajstić information content (AvgIpc) is 2.77. The van der Waals surface area contributed by atoms with Crippen molar-refractivity contribution >= 4 is 35.3 Å². The standard InChI is InChI=1S/C16H20ClN3S.ClH/c1-11-16(21-12(2)19-11)10-20-7-6-18-9-15(20)13-4-3-5-14(17)8-13;/h3-5,8,15,18H,6-7,9-10H2,1-2H3;1H. The van der Waals surface area contributed by atoms with E-state index >= 15 is 0 Å². The molecule has 0 spiro atoms. The summed E-state index contributed by atoms with van der Waals surface area (Å²) >= 11 is 7.96. The van der Waals surface area contributed by atoms with Crippen LogP contribution in [0, 0.1) is 13.8 Å². The van der Waals surface area contributed by atoms with Crippen LogP contribution in [0.5, 0.6) is 0 Å². The lowest BCUT2D eigenvalue weighted by Gasteiger charge is -2.36. The van der Waals surface area contributed by atoms with E-state index in [0.29, 0.717) is 6.04 Å². The summed E-state index contributed by atoms with van der Waals surface area (Å²) in [5.41, 5.74) is 2.45.